The molecule has 1 aliphatic carbocycles. The van der Waals surface area contributed by atoms with Crippen LogP contribution < -0.4 is 16.4 Å². The topological polar surface area (TPSA) is 80.0 Å². The van der Waals surface area contributed by atoms with E-state index in [4.69, 9.17) is 5.73 Å². The lowest BCUT2D eigenvalue weighted by atomic mass is 10.1. The van der Waals surface area contributed by atoms with Crippen molar-refractivity contribution in [2.75, 3.05) is 11.1 Å². The van der Waals surface area contributed by atoms with Crippen molar-refractivity contribution in [2.24, 2.45) is 0 Å². The van der Waals surface area contributed by atoms with Crippen LogP contribution in [0, 0.1) is 0 Å². The van der Waals surface area contributed by atoms with E-state index in [1.165, 1.54) is 11.3 Å². The van der Waals surface area contributed by atoms with Gasteiger partial charge in [-0.1, -0.05) is 0 Å². The molecule has 0 aromatic carbocycles. The smallest absolute Gasteiger partial charge is 0.263 e. The monoisotopic (exact) mass is 302 g/mol. The van der Waals surface area contributed by atoms with Crippen LogP contribution in [-0.4, -0.2) is 16.9 Å². The number of rotatable bonds is 5. The van der Waals surface area contributed by atoms with Crippen LogP contribution in [0.1, 0.15) is 41.0 Å². The minimum atomic E-state index is -0.0652. The number of nitrogen functional groups attached to an aromatic ring is 1. The largest absolute Gasteiger partial charge is 0.397 e. The summed E-state index contributed by atoms with van der Waals surface area (Å²) in [6.07, 6.45) is 5.68. The molecule has 0 bridgehead atoms. The van der Waals surface area contributed by atoms with Crippen LogP contribution in [-0.2, 0) is 0 Å². The Morgan fingerprint density at radius 1 is 1.43 bits per heavy atom. The van der Waals surface area contributed by atoms with Crippen molar-refractivity contribution in [1.82, 2.24) is 10.3 Å². The Balaban J connectivity index is 1.70. The van der Waals surface area contributed by atoms with Crippen molar-refractivity contribution in [3.63, 3.8) is 0 Å². The maximum Gasteiger partial charge on any atom is 0.263 e. The van der Waals surface area contributed by atoms with Crippen LogP contribution in [0.4, 0.5) is 10.7 Å². The molecule has 5 nitrogen and oxygen atoms in total. The molecule has 2 aromatic rings. The molecule has 1 fully saturated rings. The molecule has 1 amide bonds. The Morgan fingerprint density at radius 3 is 2.81 bits per heavy atom. The molecule has 1 unspecified atom stereocenters. The number of carbonyl (C=O) groups is 1. The predicted octanol–water partition coefficient (Wildman–Crippen LogP) is 2.79. The number of thiophene rings is 1. The highest BCUT2D eigenvalue weighted by molar-refractivity contribution is 7.18. The summed E-state index contributed by atoms with van der Waals surface area (Å²) >= 11 is 1.40. The van der Waals surface area contributed by atoms with Crippen molar-refractivity contribution in [3.8, 4) is 0 Å². The van der Waals surface area contributed by atoms with E-state index in [1.807, 2.05) is 18.2 Å². The third-order valence-corrected chi connectivity index (χ3v) is 4.53. The highest BCUT2D eigenvalue weighted by Crippen LogP contribution is 2.32. The maximum atomic E-state index is 12.1. The molecule has 0 radical (unpaired) electrons. The zero-order valence-corrected chi connectivity index (χ0v) is 12.6. The summed E-state index contributed by atoms with van der Waals surface area (Å²) in [6, 6.07) is 6.23. The van der Waals surface area contributed by atoms with E-state index in [2.05, 4.69) is 22.5 Å². The standard InChI is InChI=1S/C15H18N4OS/c1-9(10-4-6-17-7-5-10)18-13-8-12(16)14(21-13)15(20)19-11-2-3-11/h4-9,11,18H,2-3,16H2,1H3,(H,19,20). The average molecular weight is 302 g/mol. The van der Waals surface area contributed by atoms with Gasteiger partial charge in [0.15, 0.2) is 0 Å². The van der Waals surface area contributed by atoms with Crippen LogP contribution in [0.2, 0.25) is 0 Å². The lowest BCUT2D eigenvalue weighted by Crippen LogP contribution is -2.25. The summed E-state index contributed by atoms with van der Waals surface area (Å²) in [7, 11) is 0. The van der Waals surface area contributed by atoms with Crippen molar-refractivity contribution >= 4 is 27.9 Å². The average Bonchev–Trinajstić information content (AvgIpc) is 3.21. The van der Waals surface area contributed by atoms with E-state index >= 15 is 0 Å². The Hall–Kier alpha value is -2.08. The highest BCUT2D eigenvalue weighted by atomic mass is 32.1. The second kappa shape index (κ2) is 5.73. The van der Waals surface area contributed by atoms with Crippen LogP contribution in [0.25, 0.3) is 0 Å². The molecular weight excluding hydrogens is 284 g/mol. The van der Waals surface area contributed by atoms with E-state index in [0.717, 1.165) is 23.4 Å². The molecule has 2 heterocycles. The van der Waals surface area contributed by atoms with Gasteiger partial charge in [0, 0.05) is 24.5 Å². The van der Waals surface area contributed by atoms with E-state index in [9.17, 15) is 4.79 Å². The maximum absolute atomic E-state index is 12.1. The fraction of sp³-hybridized carbons (Fsp3) is 0.333. The normalized spacial score (nSPS) is 15.5. The van der Waals surface area contributed by atoms with Gasteiger partial charge in [-0.15, -0.1) is 11.3 Å². The van der Waals surface area contributed by atoms with Gasteiger partial charge in [0.1, 0.15) is 4.88 Å². The Labute approximate surface area is 127 Å². The molecule has 1 atom stereocenters. The molecule has 3 rings (SSSR count). The first-order valence-electron chi connectivity index (χ1n) is 7.00. The van der Waals surface area contributed by atoms with Crippen LogP contribution in [0.5, 0.6) is 0 Å². The Bertz CT molecular complexity index is 636. The molecule has 0 aliphatic heterocycles. The SMILES string of the molecule is CC(Nc1cc(N)c(C(=O)NC2CC2)s1)c1ccncc1. The molecule has 21 heavy (non-hydrogen) atoms. The summed E-state index contributed by atoms with van der Waals surface area (Å²) in [5, 5.41) is 7.24. The number of nitrogens with two attached hydrogens (primary N) is 1. The van der Waals surface area contributed by atoms with Crippen molar-refractivity contribution in [2.45, 2.75) is 31.8 Å². The minimum absolute atomic E-state index is 0.0652. The molecule has 110 valence electrons. The van der Waals surface area contributed by atoms with E-state index < -0.39 is 0 Å². The van der Waals surface area contributed by atoms with Crippen molar-refractivity contribution < 1.29 is 4.79 Å². The first kappa shape index (κ1) is 13.9. The number of nitrogens with zero attached hydrogens (tertiary/aromatic N) is 1. The van der Waals surface area contributed by atoms with Gasteiger partial charge in [-0.05, 0) is 43.5 Å². The number of anilines is 2. The first-order chi connectivity index (χ1) is 10.1. The third-order valence-electron chi connectivity index (χ3n) is 3.44. The molecule has 1 aliphatic rings. The van der Waals surface area contributed by atoms with E-state index in [1.54, 1.807) is 12.4 Å². The fourth-order valence-corrected chi connectivity index (χ4v) is 3.05. The van der Waals surface area contributed by atoms with Crippen LogP contribution in [0.15, 0.2) is 30.6 Å². The van der Waals surface area contributed by atoms with E-state index in [0.29, 0.717) is 16.6 Å². The molecular formula is C15H18N4OS. The fourth-order valence-electron chi connectivity index (χ4n) is 2.08. The number of hydrogen-bond acceptors (Lipinski definition) is 5. The second-order valence-corrected chi connectivity index (χ2v) is 6.34. The third kappa shape index (κ3) is 3.33. The summed E-state index contributed by atoms with van der Waals surface area (Å²) in [6.45, 7) is 2.06. The van der Waals surface area contributed by atoms with Crippen LogP contribution >= 0.6 is 11.3 Å². The molecule has 4 N–H and O–H groups in total. The van der Waals surface area contributed by atoms with Gasteiger partial charge in [-0.3, -0.25) is 9.78 Å². The predicted molar refractivity (Wildman–Crippen MR) is 85.5 cm³/mol. The van der Waals surface area contributed by atoms with Crippen LogP contribution in [0.3, 0.4) is 0 Å². The van der Waals surface area contributed by atoms with Gasteiger partial charge >= 0.3 is 0 Å². The molecule has 1 saturated carbocycles. The van der Waals surface area contributed by atoms with Crippen molar-refractivity contribution in [1.29, 1.82) is 0 Å². The van der Waals surface area contributed by atoms with Gasteiger partial charge in [0.2, 0.25) is 0 Å². The number of hydrogen-bond donors (Lipinski definition) is 3. The lowest BCUT2D eigenvalue weighted by Gasteiger charge is -2.13. The zero-order valence-electron chi connectivity index (χ0n) is 11.8. The van der Waals surface area contributed by atoms with Crippen molar-refractivity contribution in [3.05, 3.63) is 41.0 Å². The Morgan fingerprint density at radius 2 is 2.14 bits per heavy atom. The number of amides is 1. The molecule has 0 spiro atoms. The lowest BCUT2D eigenvalue weighted by molar-refractivity contribution is 0.0956. The summed E-state index contributed by atoms with van der Waals surface area (Å²) < 4.78 is 0. The number of aromatic nitrogens is 1. The molecule has 6 heteroatoms. The summed E-state index contributed by atoms with van der Waals surface area (Å²) in [5.74, 6) is -0.0652. The van der Waals surface area contributed by atoms with Gasteiger partial charge in [-0.25, -0.2) is 0 Å². The van der Waals surface area contributed by atoms with Gasteiger partial charge in [0.05, 0.1) is 10.7 Å². The zero-order chi connectivity index (χ0) is 14.8. The summed E-state index contributed by atoms with van der Waals surface area (Å²) in [4.78, 5) is 16.7. The first-order valence-corrected chi connectivity index (χ1v) is 7.82. The quantitative estimate of drug-likeness (QED) is 0.793. The molecule has 2 aromatic heterocycles. The van der Waals surface area contributed by atoms with E-state index in [-0.39, 0.29) is 11.9 Å². The number of pyridine rings is 1. The van der Waals surface area contributed by atoms with Gasteiger partial charge in [-0.2, -0.15) is 0 Å². The number of carbonyl (C=O) groups excluding carboxylic acids is 1. The second-order valence-electron chi connectivity index (χ2n) is 5.29. The summed E-state index contributed by atoms with van der Waals surface area (Å²) in [5.41, 5.74) is 7.62. The molecule has 0 saturated heterocycles. The van der Waals surface area contributed by atoms with Gasteiger partial charge < -0.3 is 16.4 Å². The number of nitrogens with one attached hydrogen (secondary N) is 2. The highest BCUT2D eigenvalue weighted by Gasteiger charge is 2.25. The Kier molecular flexibility index (Phi) is 3.79. The minimum Gasteiger partial charge on any atom is -0.397 e. The van der Waals surface area contributed by atoms with Gasteiger partial charge in [0.25, 0.3) is 5.91 Å².